The van der Waals surface area contributed by atoms with Crippen LogP contribution in [0.25, 0.3) is 21.7 Å². The highest BCUT2D eigenvalue weighted by Crippen LogP contribution is 2.25. The maximum Gasteiger partial charge on any atom is 0.251 e. The number of rotatable bonds is 5. The summed E-state index contributed by atoms with van der Waals surface area (Å²) in [5.74, 6) is -0.0807. The summed E-state index contributed by atoms with van der Waals surface area (Å²) >= 11 is 3.33. The summed E-state index contributed by atoms with van der Waals surface area (Å²) < 4.78 is 0. The van der Waals surface area contributed by atoms with Gasteiger partial charge in [0.15, 0.2) is 0 Å². The van der Waals surface area contributed by atoms with Gasteiger partial charge in [0.2, 0.25) is 0 Å². The van der Waals surface area contributed by atoms with Crippen molar-refractivity contribution in [2.75, 3.05) is 0 Å². The Morgan fingerprint density at radius 3 is 2.58 bits per heavy atom. The van der Waals surface area contributed by atoms with Crippen molar-refractivity contribution in [1.29, 1.82) is 0 Å². The Bertz CT molecular complexity index is 991. The molecule has 0 aliphatic heterocycles. The number of hydrogen-bond acceptors (Lipinski definition) is 4. The van der Waals surface area contributed by atoms with Crippen molar-refractivity contribution in [2.45, 2.75) is 6.54 Å². The second-order valence-corrected chi connectivity index (χ2v) is 7.49. The number of benzene rings is 1. The number of carbonyl (C=O) groups excluding carboxylic acids is 1. The first kappa shape index (κ1) is 16.7. The average Bonchev–Trinajstić information content (AvgIpc) is 3.40. The summed E-state index contributed by atoms with van der Waals surface area (Å²) in [5, 5.41) is 9.15. The van der Waals surface area contributed by atoms with E-state index >= 15 is 0 Å². The third kappa shape index (κ3) is 3.59. The highest BCUT2D eigenvalue weighted by atomic mass is 32.1. The van der Waals surface area contributed by atoms with Gasteiger partial charge in [-0.05, 0) is 52.2 Å². The van der Waals surface area contributed by atoms with Crippen LogP contribution in [0.1, 0.15) is 15.9 Å². The lowest BCUT2D eigenvalue weighted by Crippen LogP contribution is -2.23. The Morgan fingerprint density at radius 2 is 1.85 bits per heavy atom. The molecule has 128 valence electrons. The van der Waals surface area contributed by atoms with Crippen LogP contribution in [0.5, 0.6) is 0 Å². The standard InChI is InChI=1S/C21H16N2OS2/c24-21(16-7-5-15(6-8-16)19-4-2-11-26-19)23-13-17-3-1-10-22-20(17)18-9-12-25-14-18/h1-12,14H,13H2,(H,23,24). The zero-order valence-electron chi connectivity index (χ0n) is 13.9. The zero-order chi connectivity index (χ0) is 17.8. The second-order valence-electron chi connectivity index (χ2n) is 5.76. The van der Waals surface area contributed by atoms with Crippen LogP contribution in [-0.2, 0) is 6.54 Å². The van der Waals surface area contributed by atoms with E-state index < -0.39 is 0 Å². The Morgan fingerprint density at radius 1 is 0.962 bits per heavy atom. The number of aromatic nitrogens is 1. The van der Waals surface area contributed by atoms with E-state index in [1.807, 2.05) is 53.9 Å². The predicted molar refractivity (Wildman–Crippen MR) is 108 cm³/mol. The number of thiophene rings is 2. The number of pyridine rings is 1. The van der Waals surface area contributed by atoms with Crippen molar-refractivity contribution < 1.29 is 4.79 Å². The van der Waals surface area contributed by atoms with Crippen LogP contribution in [0.4, 0.5) is 0 Å². The van der Waals surface area contributed by atoms with Gasteiger partial charge in [-0.25, -0.2) is 0 Å². The number of nitrogens with zero attached hydrogens (tertiary/aromatic N) is 1. The van der Waals surface area contributed by atoms with Gasteiger partial charge in [-0.2, -0.15) is 11.3 Å². The van der Waals surface area contributed by atoms with E-state index in [0.717, 1.165) is 22.4 Å². The molecular formula is C21H16N2OS2. The second kappa shape index (κ2) is 7.64. The van der Waals surface area contributed by atoms with E-state index in [2.05, 4.69) is 27.1 Å². The Hall–Kier alpha value is -2.76. The molecule has 26 heavy (non-hydrogen) atoms. The number of hydrogen-bond donors (Lipinski definition) is 1. The minimum Gasteiger partial charge on any atom is -0.348 e. The van der Waals surface area contributed by atoms with Gasteiger partial charge in [0.05, 0.1) is 5.69 Å². The first-order valence-corrected chi connectivity index (χ1v) is 10.0. The third-order valence-corrected chi connectivity index (χ3v) is 5.68. The molecule has 0 unspecified atom stereocenters. The molecule has 0 saturated heterocycles. The van der Waals surface area contributed by atoms with E-state index in [1.54, 1.807) is 28.9 Å². The van der Waals surface area contributed by atoms with Gasteiger partial charge in [0.1, 0.15) is 0 Å². The Kier molecular flexibility index (Phi) is 4.91. The summed E-state index contributed by atoms with van der Waals surface area (Å²) in [5.41, 5.74) is 4.80. The maximum atomic E-state index is 12.5. The van der Waals surface area contributed by atoms with Crippen LogP contribution in [0.2, 0.25) is 0 Å². The SMILES string of the molecule is O=C(NCc1cccnc1-c1ccsc1)c1ccc(-c2cccs2)cc1. The molecule has 1 amide bonds. The van der Waals surface area contributed by atoms with E-state index in [0.29, 0.717) is 12.1 Å². The van der Waals surface area contributed by atoms with Gasteiger partial charge in [0.25, 0.3) is 5.91 Å². The average molecular weight is 377 g/mol. The highest BCUT2D eigenvalue weighted by molar-refractivity contribution is 7.13. The minimum absolute atomic E-state index is 0.0807. The molecule has 0 aliphatic rings. The van der Waals surface area contributed by atoms with Gasteiger partial charge in [-0.15, -0.1) is 11.3 Å². The highest BCUT2D eigenvalue weighted by Gasteiger charge is 2.10. The third-order valence-electron chi connectivity index (χ3n) is 4.08. The predicted octanol–water partition coefficient (Wildman–Crippen LogP) is 5.47. The van der Waals surface area contributed by atoms with Crippen LogP contribution in [0, 0.1) is 0 Å². The molecule has 1 aromatic carbocycles. The molecule has 3 heterocycles. The van der Waals surface area contributed by atoms with E-state index in [1.165, 1.54) is 4.88 Å². The van der Waals surface area contributed by atoms with Crippen molar-refractivity contribution in [1.82, 2.24) is 10.3 Å². The number of nitrogens with one attached hydrogen (secondary N) is 1. The smallest absolute Gasteiger partial charge is 0.251 e. The normalized spacial score (nSPS) is 10.6. The summed E-state index contributed by atoms with van der Waals surface area (Å²) in [6, 6.07) is 17.8. The largest absolute Gasteiger partial charge is 0.348 e. The van der Waals surface area contributed by atoms with Crippen molar-refractivity contribution in [3.63, 3.8) is 0 Å². The van der Waals surface area contributed by atoms with Gasteiger partial charge in [-0.3, -0.25) is 9.78 Å². The van der Waals surface area contributed by atoms with Crippen molar-refractivity contribution >= 4 is 28.6 Å². The minimum atomic E-state index is -0.0807. The van der Waals surface area contributed by atoms with Crippen molar-refractivity contribution in [2.24, 2.45) is 0 Å². The van der Waals surface area contributed by atoms with Crippen LogP contribution in [0.15, 0.2) is 76.9 Å². The molecule has 0 aliphatic carbocycles. The summed E-state index contributed by atoms with van der Waals surface area (Å²) in [6.07, 6.45) is 1.78. The molecule has 4 aromatic rings. The molecule has 0 fully saturated rings. The number of carbonyl (C=O) groups is 1. The lowest BCUT2D eigenvalue weighted by molar-refractivity contribution is 0.0951. The summed E-state index contributed by atoms with van der Waals surface area (Å²) in [6.45, 7) is 0.449. The molecular weight excluding hydrogens is 360 g/mol. The van der Waals surface area contributed by atoms with E-state index in [4.69, 9.17) is 0 Å². The molecule has 0 bridgehead atoms. The molecule has 3 aromatic heterocycles. The van der Waals surface area contributed by atoms with Gasteiger partial charge in [-0.1, -0.05) is 24.3 Å². The lowest BCUT2D eigenvalue weighted by Gasteiger charge is -2.09. The quantitative estimate of drug-likeness (QED) is 0.502. The molecule has 0 saturated carbocycles. The lowest BCUT2D eigenvalue weighted by atomic mass is 10.1. The summed E-state index contributed by atoms with van der Waals surface area (Å²) in [7, 11) is 0. The molecule has 4 rings (SSSR count). The van der Waals surface area contributed by atoms with Crippen LogP contribution < -0.4 is 5.32 Å². The Labute approximate surface area is 160 Å². The van der Waals surface area contributed by atoms with E-state index in [-0.39, 0.29) is 5.91 Å². The van der Waals surface area contributed by atoms with Gasteiger partial charge < -0.3 is 5.32 Å². The van der Waals surface area contributed by atoms with Crippen LogP contribution >= 0.6 is 22.7 Å². The maximum absolute atomic E-state index is 12.5. The van der Waals surface area contributed by atoms with Crippen LogP contribution in [-0.4, -0.2) is 10.9 Å². The summed E-state index contributed by atoms with van der Waals surface area (Å²) in [4.78, 5) is 18.2. The van der Waals surface area contributed by atoms with Crippen molar-refractivity contribution in [3.8, 4) is 21.7 Å². The molecule has 0 radical (unpaired) electrons. The molecule has 0 atom stereocenters. The fourth-order valence-corrected chi connectivity index (χ4v) is 4.12. The molecule has 3 nitrogen and oxygen atoms in total. The first-order chi connectivity index (χ1) is 12.8. The fourth-order valence-electron chi connectivity index (χ4n) is 2.75. The molecule has 1 N–H and O–H groups in total. The molecule has 5 heteroatoms. The van der Waals surface area contributed by atoms with E-state index in [9.17, 15) is 4.79 Å². The van der Waals surface area contributed by atoms with Gasteiger partial charge in [0, 0.05) is 34.1 Å². The van der Waals surface area contributed by atoms with Gasteiger partial charge >= 0.3 is 0 Å². The number of amides is 1. The monoisotopic (exact) mass is 376 g/mol. The zero-order valence-corrected chi connectivity index (χ0v) is 15.5. The topological polar surface area (TPSA) is 42.0 Å². The molecule has 0 spiro atoms. The fraction of sp³-hybridized carbons (Fsp3) is 0.0476. The van der Waals surface area contributed by atoms with Crippen LogP contribution in [0.3, 0.4) is 0 Å². The Balaban J connectivity index is 1.46. The van der Waals surface area contributed by atoms with Crippen molar-refractivity contribution in [3.05, 3.63) is 88.1 Å². The first-order valence-electron chi connectivity index (χ1n) is 8.20.